The number of nitrogens with one attached hydrogen (secondary N) is 2. The fourth-order valence-corrected chi connectivity index (χ4v) is 5.14. The summed E-state index contributed by atoms with van der Waals surface area (Å²) < 4.78 is 38.3. The van der Waals surface area contributed by atoms with Gasteiger partial charge in [-0.3, -0.25) is 9.69 Å². The van der Waals surface area contributed by atoms with Crippen LogP contribution in [0.15, 0.2) is 29.2 Å². The molecule has 29 heavy (non-hydrogen) atoms. The van der Waals surface area contributed by atoms with Crippen molar-refractivity contribution in [3.8, 4) is 0 Å². The van der Waals surface area contributed by atoms with E-state index >= 15 is 0 Å². The zero-order valence-electron chi connectivity index (χ0n) is 17.1. The third-order valence-corrected chi connectivity index (χ3v) is 6.95. The van der Waals surface area contributed by atoms with Crippen LogP contribution in [0.3, 0.4) is 0 Å². The molecule has 0 spiro atoms. The highest BCUT2D eigenvalue weighted by Crippen LogP contribution is 2.22. The largest absolute Gasteiger partial charge is 0.381 e. The summed E-state index contributed by atoms with van der Waals surface area (Å²) >= 11 is 0. The van der Waals surface area contributed by atoms with Gasteiger partial charge < -0.3 is 14.8 Å². The van der Waals surface area contributed by atoms with Crippen LogP contribution in [0, 0.1) is 5.92 Å². The van der Waals surface area contributed by atoms with Crippen LogP contribution in [0.1, 0.15) is 30.6 Å². The summed E-state index contributed by atoms with van der Waals surface area (Å²) in [5.74, 6) is 0.0964. The van der Waals surface area contributed by atoms with Crippen LogP contribution in [-0.4, -0.2) is 77.4 Å². The first-order valence-corrected chi connectivity index (χ1v) is 11.7. The molecule has 0 aromatic heterocycles. The predicted octanol–water partition coefficient (Wildman–Crippen LogP) is 0.840. The summed E-state index contributed by atoms with van der Waals surface area (Å²) in [4.78, 5) is 15.2. The second kappa shape index (κ2) is 9.99. The van der Waals surface area contributed by atoms with E-state index in [1.807, 2.05) is 0 Å². The zero-order valence-corrected chi connectivity index (χ0v) is 17.9. The van der Waals surface area contributed by atoms with E-state index in [2.05, 4.69) is 14.9 Å². The van der Waals surface area contributed by atoms with Gasteiger partial charge in [-0.15, -0.1) is 0 Å². The summed E-state index contributed by atoms with van der Waals surface area (Å²) in [6.07, 6.45) is 0.979. The van der Waals surface area contributed by atoms with Crippen LogP contribution < -0.4 is 10.0 Å². The summed E-state index contributed by atoms with van der Waals surface area (Å²) in [6, 6.07) is 6.09. The fraction of sp³-hybridized carbons (Fsp3) is 0.650. The Kier molecular flexibility index (Phi) is 7.64. The Balaban J connectivity index is 1.67. The molecule has 2 fully saturated rings. The first kappa shape index (κ1) is 22.2. The van der Waals surface area contributed by atoms with Gasteiger partial charge in [-0.1, -0.05) is 6.07 Å². The lowest BCUT2D eigenvalue weighted by molar-refractivity contribution is 0.00166. The number of hydrogen-bond acceptors (Lipinski definition) is 6. The number of hydrogen-bond donors (Lipinski definition) is 2. The molecule has 2 atom stereocenters. The molecular weight excluding hydrogens is 394 g/mol. The Labute approximate surface area is 173 Å². The standard InChI is InChI=1S/C20H31N3O5S/c1-15(2)22-29(25,26)18-5-3-4-16(12-18)20(24)21-13-19(17-6-9-28-14-17)23-7-10-27-11-8-23/h3-5,12,15,17,19,22H,6-11,13-14H2,1-2H3,(H,21,24). The second-order valence-electron chi connectivity index (χ2n) is 7.85. The van der Waals surface area contributed by atoms with E-state index in [4.69, 9.17) is 9.47 Å². The van der Waals surface area contributed by atoms with Crippen LogP contribution in [0.25, 0.3) is 0 Å². The Morgan fingerprint density at radius 2 is 1.97 bits per heavy atom. The van der Waals surface area contributed by atoms with Gasteiger partial charge in [-0.05, 0) is 38.5 Å². The minimum absolute atomic E-state index is 0.0905. The summed E-state index contributed by atoms with van der Waals surface area (Å²) in [6.45, 7) is 8.53. The van der Waals surface area contributed by atoms with Gasteiger partial charge in [0.25, 0.3) is 5.91 Å². The molecule has 1 aromatic carbocycles. The molecule has 0 aliphatic carbocycles. The average molecular weight is 426 g/mol. The maximum absolute atomic E-state index is 12.7. The molecule has 2 aliphatic heterocycles. The smallest absolute Gasteiger partial charge is 0.251 e. The predicted molar refractivity (Wildman–Crippen MR) is 109 cm³/mol. The third-order valence-electron chi connectivity index (χ3n) is 5.29. The highest BCUT2D eigenvalue weighted by molar-refractivity contribution is 7.89. The summed E-state index contributed by atoms with van der Waals surface area (Å²) in [5, 5.41) is 3.00. The number of carbonyl (C=O) groups excluding carboxylic acids is 1. The molecule has 1 amide bonds. The monoisotopic (exact) mass is 425 g/mol. The quantitative estimate of drug-likeness (QED) is 0.641. The number of benzene rings is 1. The van der Waals surface area contributed by atoms with Crippen LogP contribution in [0.5, 0.6) is 0 Å². The van der Waals surface area contributed by atoms with Crippen molar-refractivity contribution >= 4 is 15.9 Å². The van der Waals surface area contributed by atoms with Gasteiger partial charge in [-0.25, -0.2) is 13.1 Å². The first-order valence-electron chi connectivity index (χ1n) is 10.2. The molecule has 0 bridgehead atoms. The number of nitrogens with zero attached hydrogens (tertiary/aromatic N) is 1. The van der Waals surface area contributed by atoms with E-state index < -0.39 is 10.0 Å². The van der Waals surface area contributed by atoms with Crippen molar-refractivity contribution < 1.29 is 22.7 Å². The van der Waals surface area contributed by atoms with Crippen LogP contribution in [0.2, 0.25) is 0 Å². The van der Waals surface area contributed by atoms with Gasteiger partial charge in [-0.2, -0.15) is 0 Å². The molecule has 2 saturated heterocycles. The van der Waals surface area contributed by atoms with E-state index in [-0.39, 0.29) is 22.9 Å². The minimum Gasteiger partial charge on any atom is -0.381 e. The molecule has 0 radical (unpaired) electrons. The molecule has 3 rings (SSSR count). The lowest BCUT2D eigenvalue weighted by Crippen LogP contribution is -2.52. The number of ether oxygens (including phenoxy) is 2. The average Bonchev–Trinajstić information content (AvgIpc) is 3.22. The van der Waals surface area contributed by atoms with E-state index in [0.717, 1.165) is 26.1 Å². The lowest BCUT2D eigenvalue weighted by atomic mass is 9.96. The number of amides is 1. The maximum Gasteiger partial charge on any atom is 0.251 e. The van der Waals surface area contributed by atoms with E-state index in [0.29, 0.717) is 37.8 Å². The van der Waals surface area contributed by atoms with Crippen molar-refractivity contribution in [1.29, 1.82) is 0 Å². The van der Waals surface area contributed by atoms with Crippen molar-refractivity contribution in [1.82, 2.24) is 14.9 Å². The molecule has 162 valence electrons. The number of morpholine rings is 1. The van der Waals surface area contributed by atoms with Crippen molar-refractivity contribution in [2.75, 3.05) is 46.1 Å². The topological polar surface area (TPSA) is 97.0 Å². The molecule has 0 saturated carbocycles. The Morgan fingerprint density at radius 3 is 2.62 bits per heavy atom. The van der Waals surface area contributed by atoms with Gasteiger partial charge in [0.1, 0.15) is 0 Å². The van der Waals surface area contributed by atoms with Gasteiger partial charge in [0.15, 0.2) is 0 Å². The van der Waals surface area contributed by atoms with Crippen LogP contribution in [-0.2, 0) is 19.5 Å². The number of rotatable bonds is 8. The first-order chi connectivity index (χ1) is 13.9. The van der Waals surface area contributed by atoms with Gasteiger partial charge in [0.2, 0.25) is 10.0 Å². The van der Waals surface area contributed by atoms with E-state index in [1.165, 1.54) is 12.1 Å². The highest BCUT2D eigenvalue weighted by Gasteiger charge is 2.32. The molecular formula is C20H31N3O5S. The van der Waals surface area contributed by atoms with Crippen LogP contribution >= 0.6 is 0 Å². The lowest BCUT2D eigenvalue weighted by Gasteiger charge is -2.37. The van der Waals surface area contributed by atoms with Crippen molar-refractivity contribution in [2.24, 2.45) is 5.92 Å². The molecule has 2 aliphatic rings. The minimum atomic E-state index is -3.65. The maximum atomic E-state index is 12.7. The van der Waals surface area contributed by atoms with Crippen molar-refractivity contribution in [3.63, 3.8) is 0 Å². The molecule has 2 heterocycles. The Hall–Kier alpha value is -1.52. The normalized spacial score (nSPS) is 22.0. The Morgan fingerprint density at radius 1 is 1.21 bits per heavy atom. The fourth-order valence-electron chi connectivity index (χ4n) is 3.84. The van der Waals surface area contributed by atoms with Crippen molar-refractivity contribution in [2.45, 2.75) is 37.2 Å². The van der Waals surface area contributed by atoms with Crippen molar-refractivity contribution in [3.05, 3.63) is 29.8 Å². The third kappa shape index (κ3) is 5.99. The number of carbonyl (C=O) groups is 1. The number of sulfonamides is 1. The summed E-state index contributed by atoms with van der Waals surface area (Å²) in [7, 11) is -3.65. The molecule has 2 N–H and O–H groups in total. The SMILES string of the molecule is CC(C)NS(=O)(=O)c1cccc(C(=O)NCC(C2CCOC2)N2CCOCC2)c1. The Bertz CT molecular complexity index is 787. The molecule has 1 aromatic rings. The highest BCUT2D eigenvalue weighted by atomic mass is 32.2. The zero-order chi connectivity index (χ0) is 20.9. The molecule has 8 nitrogen and oxygen atoms in total. The second-order valence-corrected chi connectivity index (χ2v) is 9.57. The summed E-state index contributed by atoms with van der Waals surface area (Å²) in [5.41, 5.74) is 0.333. The molecule has 9 heteroatoms. The van der Waals surface area contributed by atoms with E-state index in [1.54, 1.807) is 26.0 Å². The van der Waals surface area contributed by atoms with Gasteiger partial charge in [0.05, 0.1) is 24.7 Å². The van der Waals surface area contributed by atoms with Crippen LogP contribution in [0.4, 0.5) is 0 Å². The van der Waals surface area contributed by atoms with Gasteiger partial charge >= 0.3 is 0 Å². The van der Waals surface area contributed by atoms with E-state index in [9.17, 15) is 13.2 Å². The molecule has 2 unspecified atom stereocenters. The van der Waals surface area contributed by atoms with Gasteiger partial charge in [0, 0.05) is 49.8 Å².